The van der Waals surface area contributed by atoms with Crippen LogP contribution in [0.2, 0.25) is 0 Å². The van der Waals surface area contributed by atoms with Crippen LogP contribution in [0.1, 0.15) is 48.1 Å². The normalized spacial score (nSPS) is 28.0. The summed E-state index contributed by atoms with van der Waals surface area (Å²) in [6.45, 7) is 2.38. The fourth-order valence-corrected chi connectivity index (χ4v) is 7.90. The van der Waals surface area contributed by atoms with Gasteiger partial charge >= 0.3 is 12.3 Å². The number of alkyl halides is 3. The van der Waals surface area contributed by atoms with Gasteiger partial charge in [-0.1, -0.05) is 12.1 Å². The van der Waals surface area contributed by atoms with Crippen molar-refractivity contribution in [2.75, 3.05) is 47.1 Å². The fraction of sp³-hybridized carbons (Fsp3) is 0.606. The number of halogens is 3. The molecule has 2 saturated heterocycles. The van der Waals surface area contributed by atoms with Gasteiger partial charge in [-0.15, -0.1) is 0 Å². The first-order valence-electron chi connectivity index (χ1n) is 15.6. The lowest BCUT2D eigenvalue weighted by Gasteiger charge is -2.37. The monoisotopic (exact) mass is 631 g/mol. The number of aromatic nitrogens is 1. The van der Waals surface area contributed by atoms with E-state index in [0.29, 0.717) is 62.1 Å². The average Bonchev–Trinajstić information content (AvgIpc) is 3.58. The standard InChI is InChI=1S/C33H40F3N3O6/c1-42-27-5-3-21(4-6-27)18-45-31(41)39-17-26-12-22(11-23-8-10-44-19-29(23)43-2)14-32(26,20-39)30(40)38-9-7-28-24(16-38)13-25(15-37-28)33(34,35)36/h3-6,13,15,22-23,26,29H,7-12,14,16-20H2,1-2H3/t22-,23?,26+,29?,32+/m1/s1. The molecule has 4 heterocycles. The first kappa shape index (κ1) is 31.6. The van der Waals surface area contributed by atoms with Crippen molar-refractivity contribution in [2.24, 2.45) is 23.2 Å². The smallest absolute Gasteiger partial charge is 0.417 e. The largest absolute Gasteiger partial charge is 0.497 e. The maximum absolute atomic E-state index is 14.5. The van der Waals surface area contributed by atoms with Gasteiger partial charge in [0.25, 0.3) is 0 Å². The Morgan fingerprint density at radius 3 is 2.69 bits per heavy atom. The highest BCUT2D eigenvalue weighted by Crippen LogP contribution is 2.55. The number of ether oxygens (including phenoxy) is 4. The van der Waals surface area contributed by atoms with Crippen molar-refractivity contribution < 1.29 is 41.7 Å². The second-order valence-corrected chi connectivity index (χ2v) is 12.9. The van der Waals surface area contributed by atoms with Crippen molar-refractivity contribution in [3.8, 4) is 5.75 Å². The Kier molecular flexibility index (Phi) is 8.98. The topological polar surface area (TPSA) is 90.4 Å². The minimum atomic E-state index is -4.51. The highest BCUT2D eigenvalue weighted by atomic mass is 19.4. The van der Waals surface area contributed by atoms with Crippen LogP contribution in [0.25, 0.3) is 0 Å². The lowest BCUT2D eigenvalue weighted by molar-refractivity contribution is -0.144. The van der Waals surface area contributed by atoms with E-state index in [1.54, 1.807) is 36.2 Å². The van der Waals surface area contributed by atoms with E-state index in [-0.39, 0.29) is 43.5 Å². The Hall–Kier alpha value is -3.38. The Balaban J connectivity index is 1.20. The summed E-state index contributed by atoms with van der Waals surface area (Å²) >= 11 is 0. The van der Waals surface area contributed by atoms with Crippen LogP contribution in [-0.4, -0.2) is 80.0 Å². The third-order valence-electron chi connectivity index (χ3n) is 10.2. The molecule has 1 aromatic heterocycles. The molecular formula is C33H40F3N3O6. The maximum Gasteiger partial charge on any atom is 0.417 e. The van der Waals surface area contributed by atoms with Gasteiger partial charge in [0, 0.05) is 58.2 Å². The van der Waals surface area contributed by atoms with Crippen molar-refractivity contribution in [1.29, 1.82) is 0 Å². The molecule has 2 aromatic rings. The van der Waals surface area contributed by atoms with Crippen LogP contribution >= 0.6 is 0 Å². The van der Waals surface area contributed by atoms with Crippen LogP contribution in [0, 0.1) is 23.2 Å². The number of rotatable bonds is 7. The highest BCUT2D eigenvalue weighted by molar-refractivity contribution is 5.85. The summed E-state index contributed by atoms with van der Waals surface area (Å²) in [5.74, 6) is 1.10. The van der Waals surface area contributed by atoms with E-state index in [0.717, 1.165) is 37.1 Å². The Bertz CT molecular complexity index is 1390. The van der Waals surface area contributed by atoms with E-state index >= 15 is 0 Å². The van der Waals surface area contributed by atoms with Crippen LogP contribution in [-0.2, 0) is 44.8 Å². The Labute approximate surface area is 261 Å². The van der Waals surface area contributed by atoms with E-state index in [1.807, 2.05) is 12.1 Å². The lowest BCUT2D eigenvalue weighted by atomic mass is 9.78. The predicted octanol–water partition coefficient (Wildman–Crippen LogP) is 5.10. The van der Waals surface area contributed by atoms with E-state index in [2.05, 4.69) is 4.98 Å². The van der Waals surface area contributed by atoms with Gasteiger partial charge in [0.1, 0.15) is 12.4 Å². The molecule has 3 aliphatic heterocycles. The van der Waals surface area contributed by atoms with Crippen LogP contribution < -0.4 is 4.74 Å². The van der Waals surface area contributed by atoms with Crippen molar-refractivity contribution in [2.45, 2.75) is 57.5 Å². The molecule has 0 bridgehead atoms. The molecule has 3 fully saturated rings. The van der Waals surface area contributed by atoms with Crippen molar-refractivity contribution in [1.82, 2.24) is 14.8 Å². The molecule has 12 heteroatoms. The number of hydrogen-bond acceptors (Lipinski definition) is 7. The summed E-state index contributed by atoms with van der Waals surface area (Å²) in [6, 6.07) is 8.37. The van der Waals surface area contributed by atoms with Gasteiger partial charge in [-0.05, 0) is 72.8 Å². The van der Waals surface area contributed by atoms with Crippen molar-refractivity contribution in [3.63, 3.8) is 0 Å². The molecule has 4 aliphatic rings. The maximum atomic E-state index is 14.5. The number of fused-ring (bicyclic) bond motifs is 2. The Morgan fingerprint density at radius 2 is 1.96 bits per heavy atom. The number of carbonyl (C=O) groups is 2. The summed E-state index contributed by atoms with van der Waals surface area (Å²) in [7, 11) is 3.28. The molecule has 0 N–H and O–H groups in total. The molecule has 0 spiro atoms. The fourth-order valence-electron chi connectivity index (χ4n) is 7.90. The summed E-state index contributed by atoms with van der Waals surface area (Å²) in [6.07, 6.45) is -0.558. The van der Waals surface area contributed by atoms with Crippen molar-refractivity contribution in [3.05, 3.63) is 58.9 Å². The third-order valence-corrected chi connectivity index (χ3v) is 10.2. The number of likely N-dealkylation sites (tertiary alicyclic amines) is 1. The quantitative estimate of drug-likeness (QED) is 0.420. The van der Waals surface area contributed by atoms with Gasteiger partial charge in [-0.3, -0.25) is 9.78 Å². The van der Waals surface area contributed by atoms with Gasteiger partial charge in [0.15, 0.2) is 0 Å². The number of nitrogens with zero attached hydrogens (tertiary/aromatic N) is 3. The molecule has 45 heavy (non-hydrogen) atoms. The van der Waals surface area contributed by atoms with Crippen molar-refractivity contribution >= 4 is 12.0 Å². The number of carbonyl (C=O) groups excluding carboxylic acids is 2. The summed E-state index contributed by atoms with van der Waals surface area (Å²) in [5.41, 5.74) is 0.182. The summed E-state index contributed by atoms with van der Waals surface area (Å²) < 4.78 is 62.5. The van der Waals surface area contributed by atoms with E-state index in [9.17, 15) is 22.8 Å². The van der Waals surface area contributed by atoms with Crippen LogP contribution in [0.3, 0.4) is 0 Å². The molecule has 2 amide bonds. The number of hydrogen-bond donors (Lipinski definition) is 0. The third kappa shape index (κ3) is 6.49. The van der Waals surface area contributed by atoms with Gasteiger partial charge < -0.3 is 28.7 Å². The predicted molar refractivity (Wildman–Crippen MR) is 156 cm³/mol. The first-order valence-corrected chi connectivity index (χ1v) is 15.6. The van der Waals surface area contributed by atoms with Gasteiger partial charge in [0.05, 0.1) is 30.8 Å². The zero-order valence-electron chi connectivity index (χ0n) is 25.7. The zero-order valence-corrected chi connectivity index (χ0v) is 25.7. The number of benzene rings is 1. The number of methoxy groups -OCH3 is 2. The van der Waals surface area contributed by atoms with E-state index in [1.165, 1.54) is 0 Å². The highest BCUT2D eigenvalue weighted by Gasteiger charge is 2.60. The second-order valence-electron chi connectivity index (χ2n) is 12.9. The minimum Gasteiger partial charge on any atom is -0.497 e. The second kappa shape index (κ2) is 12.8. The molecule has 6 rings (SSSR count). The average molecular weight is 632 g/mol. The van der Waals surface area contributed by atoms with Crippen LogP contribution in [0.15, 0.2) is 36.5 Å². The molecule has 244 valence electrons. The molecule has 1 saturated carbocycles. The number of pyridine rings is 1. The summed E-state index contributed by atoms with van der Waals surface area (Å²) in [5, 5.41) is 0. The van der Waals surface area contributed by atoms with Gasteiger partial charge in [-0.25, -0.2) is 4.79 Å². The molecule has 1 aromatic carbocycles. The van der Waals surface area contributed by atoms with Crippen LogP contribution in [0.4, 0.5) is 18.0 Å². The zero-order chi connectivity index (χ0) is 31.8. The summed E-state index contributed by atoms with van der Waals surface area (Å²) in [4.78, 5) is 35.2. The lowest BCUT2D eigenvalue weighted by Crippen LogP contribution is -2.49. The SMILES string of the molecule is COc1ccc(COC(=O)N2C[C@@H]3C[C@@H](CC4CCOCC4OC)C[C@]3(C(=O)N3CCc4ncc(C(F)(F)F)cc4C3)C2)cc1. The van der Waals surface area contributed by atoms with Gasteiger partial charge in [0.2, 0.25) is 5.91 Å². The Morgan fingerprint density at radius 1 is 1.16 bits per heavy atom. The molecular weight excluding hydrogens is 591 g/mol. The first-order chi connectivity index (χ1) is 21.6. The van der Waals surface area contributed by atoms with Crippen LogP contribution in [0.5, 0.6) is 5.75 Å². The number of amides is 2. The van der Waals surface area contributed by atoms with Gasteiger partial charge in [-0.2, -0.15) is 13.2 Å². The van der Waals surface area contributed by atoms with E-state index in [4.69, 9.17) is 18.9 Å². The molecule has 1 aliphatic carbocycles. The molecule has 9 nitrogen and oxygen atoms in total. The molecule has 2 unspecified atom stereocenters. The molecule has 0 radical (unpaired) electrons. The minimum absolute atomic E-state index is 0.00389. The van der Waals surface area contributed by atoms with E-state index < -0.39 is 23.2 Å². The molecule has 5 atom stereocenters.